The summed E-state index contributed by atoms with van der Waals surface area (Å²) < 4.78 is 5.19. The third-order valence-corrected chi connectivity index (χ3v) is 4.27. The van der Waals surface area contributed by atoms with Crippen LogP contribution in [0.25, 0.3) is 11.1 Å². The van der Waals surface area contributed by atoms with Gasteiger partial charge in [-0.05, 0) is 53.1 Å². The highest BCUT2D eigenvalue weighted by Gasteiger charge is 2.09. The molecule has 3 rings (SSSR count). The first-order chi connectivity index (χ1) is 13.6. The van der Waals surface area contributed by atoms with E-state index < -0.39 is 5.91 Å². The van der Waals surface area contributed by atoms with Crippen molar-refractivity contribution in [2.24, 2.45) is 0 Å². The van der Waals surface area contributed by atoms with Gasteiger partial charge in [0.1, 0.15) is 5.75 Å². The van der Waals surface area contributed by atoms with Crippen LogP contribution in [0.15, 0.2) is 72.8 Å². The molecule has 0 aliphatic carbocycles. The highest BCUT2D eigenvalue weighted by Crippen LogP contribution is 2.22. The van der Waals surface area contributed by atoms with E-state index in [2.05, 4.69) is 5.32 Å². The predicted molar refractivity (Wildman–Crippen MR) is 105 cm³/mol. The van der Waals surface area contributed by atoms with Crippen LogP contribution in [0.4, 0.5) is 0 Å². The first-order valence-corrected chi connectivity index (χ1v) is 8.67. The lowest BCUT2D eigenvalue weighted by Gasteiger charge is -2.09. The number of hydrogen-bond acceptors (Lipinski definition) is 4. The number of amides is 2. The molecule has 0 atom stereocenters. The molecule has 0 saturated heterocycles. The van der Waals surface area contributed by atoms with Crippen molar-refractivity contribution in [2.45, 2.75) is 6.54 Å². The summed E-state index contributed by atoms with van der Waals surface area (Å²) >= 11 is 0. The Morgan fingerprint density at radius 3 is 2.07 bits per heavy atom. The Labute approximate surface area is 162 Å². The fraction of sp³-hybridized carbons (Fsp3) is 0.0909. The molecule has 6 heteroatoms. The SMILES string of the molecule is COc1cccc(CNC(=O)c2cccc(-c3cccc(C(=O)NO)c3)c2)c1. The fourth-order valence-electron chi connectivity index (χ4n) is 2.81. The van der Waals surface area contributed by atoms with Gasteiger partial charge < -0.3 is 10.1 Å². The Morgan fingerprint density at radius 2 is 1.46 bits per heavy atom. The Kier molecular flexibility index (Phi) is 6.04. The summed E-state index contributed by atoms with van der Waals surface area (Å²) in [6, 6.07) is 21.4. The van der Waals surface area contributed by atoms with Gasteiger partial charge in [-0.1, -0.05) is 36.4 Å². The molecule has 2 amide bonds. The minimum absolute atomic E-state index is 0.200. The maximum atomic E-state index is 12.5. The second-order valence-corrected chi connectivity index (χ2v) is 6.14. The van der Waals surface area contributed by atoms with E-state index in [1.54, 1.807) is 49.0 Å². The van der Waals surface area contributed by atoms with Crippen molar-refractivity contribution in [3.63, 3.8) is 0 Å². The van der Waals surface area contributed by atoms with E-state index in [0.717, 1.165) is 22.4 Å². The first-order valence-electron chi connectivity index (χ1n) is 8.67. The van der Waals surface area contributed by atoms with Crippen molar-refractivity contribution in [2.75, 3.05) is 7.11 Å². The number of hydrogen-bond donors (Lipinski definition) is 3. The fourth-order valence-corrected chi connectivity index (χ4v) is 2.81. The van der Waals surface area contributed by atoms with Crippen molar-refractivity contribution < 1.29 is 19.5 Å². The summed E-state index contributed by atoms with van der Waals surface area (Å²) in [5, 5.41) is 11.7. The zero-order valence-corrected chi connectivity index (χ0v) is 15.3. The quantitative estimate of drug-likeness (QED) is 0.454. The lowest BCUT2D eigenvalue weighted by Crippen LogP contribution is -2.22. The summed E-state index contributed by atoms with van der Waals surface area (Å²) in [5.41, 5.74) is 4.95. The van der Waals surface area contributed by atoms with Gasteiger partial charge in [-0.2, -0.15) is 0 Å². The van der Waals surface area contributed by atoms with Gasteiger partial charge in [0, 0.05) is 17.7 Å². The van der Waals surface area contributed by atoms with Gasteiger partial charge in [0.25, 0.3) is 11.8 Å². The number of carbonyl (C=O) groups excluding carboxylic acids is 2. The molecule has 0 fully saturated rings. The molecule has 3 aromatic carbocycles. The Hall–Kier alpha value is -3.64. The van der Waals surface area contributed by atoms with Crippen molar-refractivity contribution in [1.29, 1.82) is 0 Å². The molecular weight excluding hydrogens is 356 g/mol. The molecule has 0 unspecified atom stereocenters. The zero-order chi connectivity index (χ0) is 19.9. The van der Waals surface area contributed by atoms with Gasteiger partial charge in [-0.25, -0.2) is 5.48 Å². The van der Waals surface area contributed by atoms with Crippen LogP contribution in [0.2, 0.25) is 0 Å². The summed E-state index contributed by atoms with van der Waals surface area (Å²) in [4.78, 5) is 24.1. The maximum Gasteiger partial charge on any atom is 0.274 e. The Balaban J connectivity index is 1.75. The molecule has 0 saturated carbocycles. The lowest BCUT2D eigenvalue weighted by atomic mass is 10.0. The first kappa shape index (κ1) is 19.1. The summed E-state index contributed by atoms with van der Waals surface area (Å²) in [6.07, 6.45) is 0. The number of nitrogens with one attached hydrogen (secondary N) is 2. The van der Waals surface area contributed by atoms with Crippen LogP contribution < -0.4 is 15.5 Å². The van der Waals surface area contributed by atoms with E-state index in [-0.39, 0.29) is 5.91 Å². The van der Waals surface area contributed by atoms with Gasteiger partial charge in [-0.15, -0.1) is 0 Å². The third-order valence-electron chi connectivity index (χ3n) is 4.27. The van der Waals surface area contributed by atoms with E-state index in [4.69, 9.17) is 9.94 Å². The molecule has 0 heterocycles. The average Bonchev–Trinajstić information content (AvgIpc) is 2.77. The summed E-state index contributed by atoms with van der Waals surface area (Å²) in [7, 11) is 1.60. The van der Waals surface area contributed by atoms with Crippen LogP contribution in [0.1, 0.15) is 26.3 Å². The van der Waals surface area contributed by atoms with Gasteiger partial charge in [0.05, 0.1) is 7.11 Å². The number of carbonyl (C=O) groups is 2. The van der Waals surface area contributed by atoms with Crippen LogP contribution in [0.3, 0.4) is 0 Å². The number of ether oxygens (including phenoxy) is 1. The minimum atomic E-state index is -0.589. The zero-order valence-electron chi connectivity index (χ0n) is 15.3. The molecule has 0 radical (unpaired) electrons. The van der Waals surface area contributed by atoms with Gasteiger partial charge >= 0.3 is 0 Å². The predicted octanol–water partition coefficient (Wildman–Crippen LogP) is 3.41. The average molecular weight is 376 g/mol. The molecule has 0 aliphatic rings. The molecule has 0 aromatic heterocycles. The minimum Gasteiger partial charge on any atom is -0.497 e. The highest BCUT2D eigenvalue weighted by atomic mass is 16.5. The Bertz CT molecular complexity index is 1000. The number of methoxy groups -OCH3 is 1. The smallest absolute Gasteiger partial charge is 0.274 e. The van der Waals surface area contributed by atoms with Gasteiger partial charge in [0.15, 0.2) is 0 Å². The number of hydroxylamine groups is 1. The lowest BCUT2D eigenvalue weighted by molar-refractivity contribution is 0.0706. The molecular formula is C22H20N2O4. The largest absolute Gasteiger partial charge is 0.497 e. The van der Waals surface area contributed by atoms with Crippen LogP contribution in [-0.2, 0) is 6.54 Å². The molecule has 3 N–H and O–H groups in total. The van der Waals surface area contributed by atoms with E-state index in [1.807, 2.05) is 36.4 Å². The van der Waals surface area contributed by atoms with Crippen molar-refractivity contribution >= 4 is 11.8 Å². The second kappa shape index (κ2) is 8.83. The van der Waals surface area contributed by atoms with E-state index >= 15 is 0 Å². The van der Waals surface area contributed by atoms with Crippen LogP contribution in [0, 0.1) is 0 Å². The monoisotopic (exact) mass is 376 g/mol. The normalized spacial score (nSPS) is 10.2. The van der Waals surface area contributed by atoms with E-state index in [9.17, 15) is 9.59 Å². The van der Waals surface area contributed by atoms with Crippen molar-refractivity contribution in [3.8, 4) is 16.9 Å². The van der Waals surface area contributed by atoms with Crippen molar-refractivity contribution in [3.05, 3.63) is 89.5 Å². The topological polar surface area (TPSA) is 87.7 Å². The summed E-state index contributed by atoms with van der Waals surface area (Å²) in [6.45, 7) is 0.381. The maximum absolute atomic E-state index is 12.5. The number of benzene rings is 3. The molecule has 3 aromatic rings. The molecule has 6 nitrogen and oxygen atoms in total. The number of rotatable bonds is 6. The Morgan fingerprint density at radius 1 is 0.857 bits per heavy atom. The summed E-state index contributed by atoms with van der Waals surface area (Å²) in [5.74, 6) is -0.0523. The molecule has 142 valence electrons. The second-order valence-electron chi connectivity index (χ2n) is 6.14. The molecule has 0 spiro atoms. The molecule has 0 aliphatic heterocycles. The van der Waals surface area contributed by atoms with E-state index in [1.165, 1.54) is 0 Å². The van der Waals surface area contributed by atoms with Gasteiger partial charge in [0.2, 0.25) is 0 Å². The van der Waals surface area contributed by atoms with Gasteiger partial charge in [-0.3, -0.25) is 14.8 Å². The van der Waals surface area contributed by atoms with Crippen LogP contribution in [-0.4, -0.2) is 24.1 Å². The highest BCUT2D eigenvalue weighted by molar-refractivity contribution is 5.96. The third kappa shape index (κ3) is 4.55. The standard InChI is InChI=1S/C22H20N2O4/c1-28-20-10-2-5-15(11-20)14-23-21(25)18-8-3-6-16(12-18)17-7-4-9-19(13-17)22(26)24-27/h2-13,27H,14H2,1H3,(H,23,25)(H,24,26). The molecule has 0 bridgehead atoms. The van der Waals surface area contributed by atoms with E-state index in [0.29, 0.717) is 17.7 Å². The molecule has 28 heavy (non-hydrogen) atoms. The van der Waals surface area contributed by atoms with Crippen molar-refractivity contribution in [1.82, 2.24) is 10.8 Å². The van der Waals surface area contributed by atoms with Crippen LogP contribution >= 0.6 is 0 Å². The van der Waals surface area contributed by atoms with Crippen LogP contribution in [0.5, 0.6) is 5.75 Å².